The molecule has 4 aromatic rings. The molecule has 0 radical (unpaired) electrons. The first-order valence-corrected chi connectivity index (χ1v) is 16.8. The monoisotopic (exact) mass is 680 g/mol. The summed E-state index contributed by atoms with van der Waals surface area (Å²) in [5.74, 6) is 2.47. The molecule has 2 heterocycles. The van der Waals surface area contributed by atoms with E-state index in [1.54, 1.807) is 18.9 Å². The van der Waals surface area contributed by atoms with Crippen LogP contribution in [-0.4, -0.2) is 58.3 Å². The van der Waals surface area contributed by atoms with E-state index >= 15 is 0 Å². The van der Waals surface area contributed by atoms with Gasteiger partial charge in [-0.2, -0.15) is 4.99 Å². The van der Waals surface area contributed by atoms with Crippen molar-refractivity contribution < 1.29 is 27.4 Å². The van der Waals surface area contributed by atoms with E-state index in [4.69, 9.17) is 4.74 Å². The summed E-state index contributed by atoms with van der Waals surface area (Å²) in [7, 11) is 1.66. The highest BCUT2D eigenvalue weighted by Crippen LogP contribution is 2.35. The summed E-state index contributed by atoms with van der Waals surface area (Å²) in [6.07, 6.45) is -0.552. The minimum Gasteiger partial charge on any atom is -0.497 e. The SMILES string of the molecule is COc1ccc(N2CCCSC2=NC(=O)NCCCC(C)c2ccc(-c3ncn(-c4ccc(OC(F)(F)F)cc4)n3)cc2)c(C(C)C)c1. The first-order chi connectivity index (χ1) is 23.0. The van der Waals surface area contributed by atoms with E-state index in [0.717, 1.165) is 59.7 Å². The number of urea groups is 1. The molecule has 48 heavy (non-hydrogen) atoms. The number of benzene rings is 3. The number of aliphatic imine (C=N–C) groups is 1. The summed E-state index contributed by atoms with van der Waals surface area (Å²) in [5, 5.41) is 8.15. The number of amides is 2. The van der Waals surface area contributed by atoms with Crippen LogP contribution in [0.2, 0.25) is 0 Å². The van der Waals surface area contributed by atoms with Crippen molar-refractivity contribution in [2.24, 2.45) is 4.99 Å². The van der Waals surface area contributed by atoms with Gasteiger partial charge in [0.05, 0.1) is 12.8 Å². The number of carbonyl (C=O) groups excluding carboxylic acids is 1. The normalized spacial score (nSPS) is 15.1. The van der Waals surface area contributed by atoms with Gasteiger partial charge in [-0.3, -0.25) is 0 Å². The van der Waals surface area contributed by atoms with Gasteiger partial charge in [-0.25, -0.2) is 14.5 Å². The Labute approximate surface area is 282 Å². The minimum absolute atomic E-state index is 0.263. The van der Waals surface area contributed by atoms with Gasteiger partial charge in [0.1, 0.15) is 17.8 Å². The van der Waals surface area contributed by atoms with Crippen LogP contribution in [0, 0.1) is 0 Å². The Bertz CT molecular complexity index is 1710. The number of halogens is 3. The summed E-state index contributed by atoms with van der Waals surface area (Å²) >= 11 is 1.60. The van der Waals surface area contributed by atoms with E-state index in [1.807, 2.05) is 36.4 Å². The third kappa shape index (κ3) is 9.09. The summed E-state index contributed by atoms with van der Waals surface area (Å²) in [4.78, 5) is 23.8. The number of carbonyl (C=O) groups is 1. The van der Waals surface area contributed by atoms with Crippen LogP contribution in [0.3, 0.4) is 0 Å². The number of amidine groups is 1. The van der Waals surface area contributed by atoms with E-state index in [2.05, 4.69) is 56.9 Å². The van der Waals surface area contributed by atoms with Crippen molar-refractivity contribution >= 4 is 28.6 Å². The molecule has 0 bridgehead atoms. The largest absolute Gasteiger partial charge is 0.573 e. The Kier molecular flexibility index (Phi) is 11.3. The summed E-state index contributed by atoms with van der Waals surface area (Å²) in [6, 6.07) is 19.1. The van der Waals surface area contributed by atoms with E-state index in [-0.39, 0.29) is 23.6 Å². The van der Waals surface area contributed by atoms with Gasteiger partial charge in [-0.1, -0.05) is 56.8 Å². The third-order valence-corrected chi connectivity index (χ3v) is 9.05. The second-order valence-corrected chi connectivity index (χ2v) is 12.8. The van der Waals surface area contributed by atoms with Crippen molar-refractivity contribution in [3.05, 3.63) is 84.2 Å². The number of hydrogen-bond acceptors (Lipinski definition) is 6. The Morgan fingerprint density at radius 2 is 1.77 bits per heavy atom. The topological polar surface area (TPSA) is 93.9 Å². The molecule has 9 nitrogen and oxygen atoms in total. The van der Waals surface area contributed by atoms with Crippen molar-refractivity contribution in [2.75, 3.05) is 30.9 Å². The Morgan fingerprint density at radius 3 is 2.46 bits per heavy atom. The molecule has 1 saturated heterocycles. The molecule has 1 unspecified atom stereocenters. The van der Waals surface area contributed by atoms with Crippen LogP contribution in [-0.2, 0) is 0 Å². The van der Waals surface area contributed by atoms with Crippen LogP contribution >= 0.6 is 11.8 Å². The highest BCUT2D eigenvalue weighted by molar-refractivity contribution is 8.14. The zero-order valence-corrected chi connectivity index (χ0v) is 28.1. The second-order valence-electron chi connectivity index (χ2n) is 11.8. The van der Waals surface area contributed by atoms with Gasteiger partial charge in [0, 0.05) is 30.1 Å². The van der Waals surface area contributed by atoms with Gasteiger partial charge < -0.3 is 19.7 Å². The fraction of sp³-hybridized carbons (Fsp3) is 0.371. The minimum atomic E-state index is -4.74. The number of nitrogens with one attached hydrogen (secondary N) is 1. The predicted octanol–water partition coefficient (Wildman–Crippen LogP) is 8.56. The second kappa shape index (κ2) is 15.6. The van der Waals surface area contributed by atoms with Crippen LogP contribution < -0.4 is 19.7 Å². The van der Waals surface area contributed by atoms with Crippen molar-refractivity contribution in [1.29, 1.82) is 0 Å². The molecular weight excluding hydrogens is 641 g/mol. The molecule has 3 aromatic carbocycles. The molecule has 1 aliphatic heterocycles. The molecule has 0 aliphatic carbocycles. The van der Waals surface area contributed by atoms with Gasteiger partial charge in [0.2, 0.25) is 0 Å². The summed E-state index contributed by atoms with van der Waals surface area (Å²) < 4.78 is 48.2. The van der Waals surface area contributed by atoms with Gasteiger partial charge >= 0.3 is 12.4 Å². The number of hydrogen-bond donors (Lipinski definition) is 1. The molecule has 5 rings (SSSR count). The lowest BCUT2D eigenvalue weighted by molar-refractivity contribution is -0.274. The Hall–Kier alpha value is -4.52. The van der Waals surface area contributed by atoms with Gasteiger partial charge in [-0.15, -0.1) is 18.3 Å². The molecule has 1 N–H and O–H groups in total. The predicted molar refractivity (Wildman–Crippen MR) is 183 cm³/mol. The maximum Gasteiger partial charge on any atom is 0.573 e. The average Bonchev–Trinajstić information content (AvgIpc) is 3.57. The van der Waals surface area contributed by atoms with E-state index < -0.39 is 6.36 Å². The smallest absolute Gasteiger partial charge is 0.497 e. The highest BCUT2D eigenvalue weighted by Gasteiger charge is 2.31. The molecule has 2 amide bonds. The Morgan fingerprint density at radius 1 is 1.04 bits per heavy atom. The molecule has 1 atom stereocenters. The lowest BCUT2D eigenvalue weighted by atomic mass is 9.95. The standard InChI is InChI=1S/C35H39F3N6O3S/c1-23(2)30-21-29(46-4)16-17-31(30)43-19-6-20-48-34(43)41-33(45)39-18-5-7-24(3)25-8-10-26(11-9-25)32-40-22-44(42-32)27-12-14-28(15-13-27)47-35(36,37)38/h8-17,21-24H,5-7,18-20H2,1-4H3,(H,39,45). The average molecular weight is 681 g/mol. The molecule has 0 saturated carbocycles. The fourth-order valence-electron chi connectivity index (χ4n) is 5.42. The number of aromatic nitrogens is 3. The number of anilines is 1. The molecule has 1 aromatic heterocycles. The van der Waals surface area contributed by atoms with Crippen LogP contribution in [0.1, 0.15) is 63.0 Å². The third-order valence-electron chi connectivity index (χ3n) is 7.99. The van der Waals surface area contributed by atoms with Crippen molar-refractivity contribution in [3.8, 4) is 28.6 Å². The van der Waals surface area contributed by atoms with Crippen LogP contribution in [0.5, 0.6) is 11.5 Å². The maximum atomic E-state index is 12.8. The number of methoxy groups -OCH3 is 1. The molecule has 1 aliphatic rings. The zero-order valence-electron chi connectivity index (χ0n) is 27.3. The van der Waals surface area contributed by atoms with Crippen LogP contribution in [0.4, 0.5) is 23.7 Å². The summed E-state index contributed by atoms with van der Waals surface area (Å²) in [6.45, 7) is 7.77. The molecule has 0 spiro atoms. The number of rotatable bonds is 11. The summed E-state index contributed by atoms with van der Waals surface area (Å²) in [5.41, 5.74) is 4.74. The highest BCUT2D eigenvalue weighted by atomic mass is 32.2. The molecule has 1 fully saturated rings. The molecular formula is C35H39F3N6O3S. The molecule has 254 valence electrons. The van der Waals surface area contributed by atoms with Crippen LogP contribution in [0.15, 0.2) is 78.0 Å². The quantitative estimate of drug-likeness (QED) is 0.159. The first kappa shape index (κ1) is 34.8. The van der Waals surface area contributed by atoms with E-state index in [9.17, 15) is 18.0 Å². The van der Waals surface area contributed by atoms with Crippen LogP contribution in [0.25, 0.3) is 17.1 Å². The number of thioether (sulfide) groups is 1. The lowest BCUT2D eigenvalue weighted by Gasteiger charge is -2.32. The van der Waals surface area contributed by atoms with E-state index in [1.165, 1.54) is 35.3 Å². The van der Waals surface area contributed by atoms with Crippen molar-refractivity contribution in [1.82, 2.24) is 20.1 Å². The van der Waals surface area contributed by atoms with Crippen molar-refractivity contribution in [2.45, 2.75) is 58.2 Å². The van der Waals surface area contributed by atoms with Gasteiger partial charge in [0.15, 0.2) is 11.0 Å². The fourth-order valence-corrected chi connectivity index (χ4v) is 6.37. The van der Waals surface area contributed by atoms with Crippen molar-refractivity contribution in [3.63, 3.8) is 0 Å². The lowest BCUT2D eigenvalue weighted by Crippen LogP contribution is -2.36. The van der Waals surface area contributed by atoms with Gasteiger partial charge in [-0.05, 0) is 84.7 Å². The number of nitrogens with zero attached hydrogens (tertiary/aromatic N) is 5. The van der Waals surface area contributed by atoms with Gasteiger partial charge in [0.25, 0.3) is 0 Å². The van der Waals surface area contributed by atoms with E-state index in [0.29, 0.717) is 23.2 Å². The number of ether oxygens (including phenoxy) is 2. The maximum absolute atomic E-state index is 12.8. The Balaban J connectivity index is 1.12. The number of alkyl halides is 3. The first-order valence-electron chi connectivity index (χ1n) is 15.8. The zero-order chi connectivity index (χ0) is 34.3. The molecule has 13 heteroatoms.